The fourth-order valence-corrected chi connectivity index (χ4v) is 0.727. The fraction of sp³-hybridized carbons (Fsp3) is 0.286. The Balaban J connectivity index is 2.86. The molecular weight excluding hydrogens is 171 g/mol. The van der Waals surface area contributed by atoms with Crippen LogP contribution < -0.4 is 0 Å². The van der Waals surface area contributed by atoms with E-state index in [4.69, 9.17) is 5.11 Å². The Kier molecular flexibility index (Phi) is 2.32. The fourth-order valence-electron chi connectivity index (χ4n) is 0.727. The van der Waals surface area contributed by atoms with Crippen molar-refractivity contribution in [2.45, 2.75) is 12.3 Å². The van der Waals surface area contributed by atoms with E-state index in [2.05, 4.69) is 4.98 Å². The highest BCUT2D eigenvalue weighted by Crippen LogP contribution is 2.31. The molecule has 1 aromatic heterocycles. The molecule has 1 atom stereocenters. The number of alkyl halides is 3. The van der Waals surface area contributed by atoms with Crippen molar-refractivity contribution in [2.24, 2.45) is 0 Å². The number of pyridine rings is 1. The van der Waals surface area contributed by atoms with E-state index in [1.165, 1.54) is 18.3 Å². The summed E-state index contributed by atoms with van der Waals surface area (Å²) < 4.78 is 35.6. The quantitative estimate of drug-likeness (QED) is 0.707. The summed E-state index contributed by atoms with van der Waals surface area (Å²) in [7, 11) is 0. The highest BCUT2D eigenvalue weighted by molar-refractivity contribution is 5.13. The van der Waals surface area contributed by atoms with E-state index in [1.807, 2.05) is 0 Å². The highest BCUT2D eigenvalue weighted by atomic mass is 19.4. The van der Waals surface area contributed by atoms with Gasteiger partial charge in [-0.3, -0.25) is 4.98 Å². The van der Waals surface area contributed by atoms with Crippen LogP contribution in [0.2, 0.25) is 0 Å². The molecule has 0 radical (unpaired) electrons. The Labute approximate surface area is 66.7 Å². The third kappa shape index (κ3) is 1.94. The Bertz CT molecular complexity index is 247. The second-order valence-electron chi connectivity index (χ2n) is 2.23. The van der Waals surface area contributed by atoms with Gasteiger partial charge in [0.25, 0.3) is 0 Å². The first-order valence-corrected chi connectivity index (χ1v) is 3.16. The van der Waals surface area contributed by atoms with Crippen LogP contribution in [0.4, 0.5) is 13.2 Å². The lowest BCUT2D eigenvalue weighted by Gasteiger charge is -2.13. The number of hydrogen-bond acceptors (Lipinski definition) is 2. The topological polar surface area (TPSA) is 33.1 Å². The molecule has 0 bridgehead atoms. The SMILES string of the molecule is OC(c1cccnc1)C(F)(F)F. The van der Waals surface area contributed by atoms with Crippen LogP contribution in [-0.4, -0.2) is 16.3 Å². The maximum Gasteiger partial charge on any atom is 0.418 e. The molecule has 1 unspecified atom stereocenters. The van der Waals surface area contributed by atoms with Crippen LogP contribution in [0.15, 0.2) is 24.5 Å². The summed E-state index contributed by atoms with van der Waals surface area (Å²) in [5.41, 5.74) is -0.245. The molecule has 5 heteroatoms. The first kappa shape index (κ1) is 8.99. The molecular formula is C7H6F3NO. The van der Waals surface area contributed by atoms with E-state index < -0.39 is 12.3 Å². The molecule has 0 aliphatic heterocycles. The summed E-state index contributed by atoms with van der Waals surface area (Å²) in [6.07, 6.45) is -4.74. The maximum atomic E-state index is 11.9. The van der Waals surface area contributed by atoms with Crippen molar-refractivity contribution >= 4 is 0 Å². The monoisotopic (exact) mass is 177 g/mol. The van der Waals surface area contributed by atoms with Gasteiger partial charge >= 0.3 is 6.18 Å². The number of aliphatic hydroxyl groups is 1. The molecule has 2 nitrogen and oxygen atoms in total. The predicted molar refractivity (Wildman–Crippen MR) is 35.3 cm³/mol. The molecule has 0 saturated heterocycles. The van der Waals surface area contributed by atoms with Crippen LogP contribution in [0.3, 0.4) is 0 Å². The summed E-state index contributed by atoms with van der Waals surface area (Å²) in [6.45, 7) is 0. The first-order valence-electron chi connectivity index (χ1n) is 3.16. The van der Waals surface area contributed by atoms with Crippen molar-refractivity contribution in [3.05, 3.63) is 30.1 Å². The van der Waals surface area contributed by atoms with Crippen molar-refractivity contribution in [3.8, 4) is 0 Å². The molecule has 0 aromatic carbocycles. The van der Waals surface area contributed by atoms with Crippen LogP contribution in [-0.2, 0) is 0 Å². The lowest BCUT2D eigenvalue weighted by atomic mass is 10.1. The summed E-state index contributed by atoms with van der Waals surface area (Å²) in [5, 5.41) is 8.69. The van der Waals surface area contributed by atoms with Crippen molar-refractivity contribution in [2.75, 3.05) is 0 Å². The number of aromatic nitrogens is 1. The van der Waals surface area contributed by atoms with Gasteiger partial charge in [0.15, 0.2) is 6.10 Å². The zero-order chi connectivity index (χ0) is 9.19. The zero-order valence-corrected chi connectivity index (χ0v) is 5.92. The number of halogens is 3. The minimum atomic E-state index is -4.62. The largest absolute Gasteiger partial charge is 0.418 e. The van der Waals surface area contributed by atoms with Crippen molar-refractivity contribution in [1.82, 2.24) is 4.98 Å². The molecule has 1 N–H and O–H groups in total. The van der Waals surface area contributed by atoms with Crippen molar-refractivity contribution in [3.63, 3.8) is 0 Å². The zero-order valence-electron chi connectivity index (χ0n) is 5.92. The minimum absolute atomic E-state index is 0.245. The van der Waals surface area contributed by atoms with E-state index in [9.17, 15) is 13.2 Å². The lowest BCUT2D eigenvalue weighted by molar-refractivity contribution is -0.206. The summed E-state index contributed by atoms with van der Waals surface area (Å²) in [4.78, 5) is 3.46. The van der Waals surface area contributed by atoms with Gasteiger partial charge in [0.2, 0.25) is 0 Å². The molecule has 0 aliphatic carbocycles. The van der Waals surface area contributed by atoms with Crippen LogP contribution in [0.1, 0.15) is 11.7 Å². The smallest absolute Gasteiger partial charge is 0.379 e. The second kappa shape index (κ2) is 3.10. The van der Waals surface area contributed by atoms with Gasteiger partial charge in [0, 0.05) is 18.0 Å². The highest BCUT2D eigenvalue weighted by Gasteiger charge is 2.39. The standard InChI is InChI=1S/C7H6F3NO/c8-7(9,10)6(12)5-2-1-3-11-4-5/h1-4,6,12H. The Hall–Kier alpha value is -1.10. The lowest BCUT2D eigenvalue weighted by Crippen LogP contribution is -2.20. The molecule has 0 spiro atoms. The van der Waals surface area contributed by atoms with Gasteiger partial charge < -0.3 is 5.11 Å². The van der Waals surface area contributed by atoms with Crippen LogP contribution in [0, 0.1) is 0 Å². The van der Waals surface area contributed by atoms with Gasteiger partial charge in [-0.1, -0.05) is 6.07 Å². The summed E-state index contributed by atoms with van der Waals surface area (Å²) in [6, 6.07) is 2.51. The van der Waals surface area contributed by atoms with Gasteiger partial charge in [-0.15, -0.1) is 0 Å². The molecule has 1 rings (SSSR count). The third-order valence-corrected chi connectivity index (χ3v) is 1.31. The molecule has 0 saturated carbocycles. The van der Waals surface area contributed by atoms with E-state index in [0.29, 0.717) is 0 Å². The molecule has 1 aromatic rings. The van der Waals surface area contributed by atoms with E-state index in [0.717, 1.165) is 6.20 Å². The average molecular weight is 177 g/mol. The van der Waals surface area contributed by atoms with Crippen LogP contribution in [0.5, 0.6) is 0 Å². The number of rotatable bonds is 1. The van der Waals surface area contributed by atoms with Gasteiger partial charge in [0.1, 0.15) is 0 Å². The summed E-state index contributed by atoms with van der Waals surface area (Å²) in [5.74, 6) is 0. The second-order valence-corrected chi connectivity index (χ2v) is 2.23. The van der Waals surface area contributed by atoms with Gasteiger partial charge in [-0.25, -0.2) is 0 Å². The normalized spacial score (nSPS) is 14.3. The van der Waals surface area contributed by atoms with Crippen LogP contribution in [0.25, 0.3) is 0 Å². The Morgan fingerprint density at radius 1 is 1.42 bits per heavy atom. The third-order valence-electron chi connectivity index (χ3n) is 1.31. The van der Waals surface area contributed by atoms with Gasteiger partial charge in [-0.05, 0) is 6.07 Å². The molecule has 66 valence electrons. The van der Waals surface area contributed by atoms with Crippen molar-refractivity contribution in [1.29, 1.82) is 0 Å². The van der Waals surface area contributed by atoms with E-state index in [-0.39, 0.29) is 5.56 Å². The van der Waals surface area contributed by atoms with Gasteiger partial charge in [0.05, 0.1) is 0 Å². The van der Waals surface area contributed by atoms with Gasteiger partial charge in [-0.2, -0.15) is 13.2 Å². The van der Waals surface area contributed by atoms with E-state index >= 15 is 0 Å². The molecule has 0 amide bonds. The van der Waals surface area contributed by atoms with E-state index in [1.54, 1.807) is 0 Å². The Morgan fingerprint density at radius 2 is 2.08 bits per heavy atom. The van der Waals surface area contributed by atoms with Crippen molar-refractivity contribution < 1.29 is 18.3 Å². The minimum Gasteiger partial charge on any atom is -0.379 e. The summed E-state index contributed by atoms with van der Waals surface area (Å²) >= 11 is 0. The maximum absolute atomic E-state index is 11.9. The molecule has 12 heavy (non-hydrogen) atoms. The number of nitrogens with zero attached hydrogens (tertiary/aromatic N) is 1. The number of hydrogen-bond donors (Lipinski definition) is 1. The molecule has 1 heterocycles. The average Bonchev–Trinajstić information content (AvgIpc) is 2.03. The van der Waals surface area contributed by atoms with Crippen LogP contribution >= 0.6 is 0 Å². The number of aliphatic hydroxyl groups excluding tert-OH is 1. The molecule has 0 fully saturated rings. The predicted octanol–water partition coefficient (Wildman–Crippen LogP) is 1.68. The molecule has 0 aliphatic rings. The Morgan fingerprint density at radius 3 is 2.50 bits per heavy atom. The first-order chi connectivity index (χ1) is 5.52.